The summed E-state index contributed by atoms with van der Waals surface area (Å²) >= 11 is 5.33. The van der Waals surface area contributed by atoms with E-state index < -0.39 is 5.97 Å². The zero-order valence-electron chi connectivity index (χ0n) is 14.4. The molecule has 0 aliphatic carbocycles. The van der Waals surface area contributed by atoms with Gasteiger partial charge in [-0.1, -0.05) is 0 Å². The molecule has 9 heteroatoms. The minimum absolute atomic E-state index is 0.0677. The van der Waals surface area contributed by atoms with E-state index in [9.17, 15) is 9.59 Å². The molecule has 138 valence electrons. The van der Waals surface area contributed by atoms with Crippen LogP contribution < -0.4 is 5.32 Å². The first-order valence-electron chi connectivity index (χ1n) is 8.02. The minimum Gasteiger partial charge on any atom is -0.468 e. The molecular weight excluding hydrogens is 346 g/mol. The van der Waals surface area contributed by atoms with E-state index in [0.29, 0.717) is 11.7 Å². The van der Waals surface area contributed by atoms with Crippen LogP contribution in [0.15, 0.2) is 16.5 Å². The summed E-state index contributed by atoms with van der Waals surface area (Å²) in [5, 5.41) is 3.47. The molecule has 8 nitrogen and oxygen atoms in total. The molecule has 0 atom stereocenters. The van der Waals surface area contributed by atoms with Crippen LogP contribution in [-0.2, 0) is 20.8 Å². The first-order chi connectivity index (χ1) is 12.0. The summed E-state index contributed by atoms with van der Waals surface area (Å²) in [4.78, 5) is 26.9. The molecule has 0 radical (unpaired) electrons. The fourth-order valence-corrected chi connectivity index (χ4v) is 2.81. The van der Waals surface area contributed by atoms with Crippen molar-refractivity contribution in [1.82, 2.24) is 15.1 Å². The third-order valence-corrected chi connectivity index (χ3v) is 4.32. The molecule has 0 amide bonds. The number of hydrogen-bond donors (Lipinski definition) is 1. The fourth-order valence-electron chi connectivity index (χ4n) is 2.56. The van der Waals surface area contributed by atoms with Crippen LogP contribution in [-0.4, -0.2) is 73.8 Å². The van der Waals surface area contributed by atoms with Crippen LogP contribution in [0, 0.1) is 0 Å². The topological polar surface area (TPSA) is 84.2 Å². The van der Waals surface area contributed by atoms with E-state index in [1.807, 2.05) is 4.90 Å². The number of thiocarbonyl (C=S) groups is 1. The minimum atomic E-state index is -0.477. The summed E-state index contributed by atoms with van der Waals surface area (Å²) in [6.45, 7) is 3.94. The largest absolute Gasteiger partial charge is 0.468 e. The quantitative estimate of drug-likeness (QED) is 0.593. The molecule has 2 rings (SSSR count). The number of hydrogen-bond acceptors (Lipinski definition) is 7. The number of furan rings is 1. The molecule has 0 aromatic carbocycles. The summed E-state index contributed by atoms with van der Waals surface area (Å²) < 4.78 is 14.7. The van der Waals surface area contributed by atoms with Gasteiger partial charge in [0.25, 0.3) is 0 Å². The van der Waals surface area contributed by atoms with Gasteiger partial charge in [0.1, 0.15) is 12.3 Å². The van der Waals surface area contributed by atoms with E-state index in [-0.39, 0.29) is 18.3 Å². The van der Waals surface area contributed by atoms with Crippen LogP contribution in [0.2, 0.25) is 0 Å². The smallest absolute Gasteiger partial charge is 0.373 e. The van der Waals surface area contributed by atoms with E-state index in [2.05, 4.69) is 19.7 Å². The van der Waals surface area contributed by atoms with Crippen LogP contribution in [0.1, 0.15) is 22.7 Å². The summed E-state index contributed by atoms with van der Waals surface area (Å²) in [6.07, 6.45) is 0.935. The maximum Gasteiger partial charge on any atom is 0.373 e. The molecule has 0 bridgehead atoms. The van der Waals surface area contributed by atoms with Crippen LogP contribution in [0.25, 0.3) is 0 Å². The van der Waals surface area contributed by atoms with E-state index in [1.54, 1.807) is 12.1 Å². The number of carbonyl (C=O) groups excluding carboxylic acids is 2. The van der Waals surface area contributed by atoms with Crippen molar-refractivity contribution in [3.8, 4) is 0 Å². The van der Waals surface area contributed by atoms with Gasteiger partial charge in [0.15, 0.2) is 5.11 Å². The molecule has 25 heavy (non-hydrogen) atoms. The molecule has 0 saturated carbocycles. The Labute approximate surface area is 152 Å². The zero-order chi connectivity index (χ0) is 18.2. The van der Waals surface area contributed by atoms with Crippen molar-refractivity contribution in [2.75, 3.05) is 46.9 Å². The number of nitrogens with one attached hydrogen (secondary N) is 1. The van der Waals surface area contributed by atoms with Gasteiger partial charge >= 0.3 is 11.9 Å². The molecule has 1 aliphatic rings. The van der Waals surface area contributed by atoms with Crippen LogP contribution in [0.3, 0.4) is 0 Å². The lowest BCUT2D eigenvalue weighted by atomic mass is 10.3. The second-order valence-corrected chi connectivity index (χ2v) is 6.00. The summed E-state index contributed by atoms with van der Waals surface area (Å²) in [6, 6.07) is 3.41. The Balaban J connectivity index is 1.82. The van der Waals surface area contributed by atoms with Gasteiger partial charge in [-0.15, -0.1) is 0 Å². The number of carbonyl (C=O) groups is 2. The zero-order valence-corrected chi connectivity index (χ0v) is 15.3. The normalized spacial score (nSPS) is 15.4. The first-order valence-corrected chi connectivity index (χ1v) is 8.43. The average Bonchev–Trinajstić information content (AvgIpc) is 2.96. The Hall–Kier alpha value is -2.13. The second kappa shape index (κ2) is 9.38. The van der Waals surface area contributed by atoms with Crippen molar-refractivity contribution in [2.24, 2.45) is 0 Å². The Morgan fingerprint density at radius 1 is 1.20 bits per heavy atom. The number of esters is 2. The van der Waals surface area contributed by atoms with Crippen molar-refractivity contribution in [2.45, 2.75) is 13.0 Å². The van der Waals surface area contributed by atoms with Crippen molar-refractivity contribution < 1.29 is 23.5 Å². The van der Waals surface area contributed by atoms with Gasteiger partial charge < -0.3 is 24.1 Å². The van der Waals surface area contributed by atoms with Crippen molar-refractivity contribution in [3.05, 3.63) is 23.7 Å². The van der Waals surface area contributed by atoms with Crippen molar-refractivity contribution in [1.29, 1.82) is 0 Å². The predicted molar refractivity (Wildman–Crippen MR) is 94.1 cm³/mol. The van der Waals surface area contributed by atoms with Crippen molar-refractivity contribution >= 4 is 29.3 Å². The molecule has 1 aromatic rings. The van der Waals surface area contributed by atoms with Crippen LogP contribution >= 0.6 is 12.2 Å². The van der Waals surface area contributed by atoms with E-state index in [0.717, 1.165) is 38.4 Å². The maximum atomic E-state index is 11.4. The highest BCUT2D eigenvalue weighted by molar-refractivity contribution is 7.80. The van der Waals surface area contributed by atoms with Crippen molar-refractivity contribution in [3.63, 3.8) is 0 Å². The fraction of sp³-hybridized carbons (Fsp3) is 0.562. The lowest BCUT2D eigenvalue weighted by Crippen LogP contribution is -2.43. The SMILES string of the molecule is COC(=O)CNC(=S)N1CCCN(Cc2ccc(C(=O)OC)o2)CC1. The molecule has 1 fully saturated rings. The van der Waals surface area contributed by atoms with E-state index in [1.165, 1.54) is 14.2 Å². The van der Waals surface area contributed by atoms with E-state index in [4.69, 9.17) is 16.6 Å². The van der Waals surface area contributed by atoms with Gasteiger partial charge in [-0.3, -0.25) is 9.69 Å². The molecule has 1 saturated heterocycles. The van der Waals surface area contributed by atoms with Gasteiger partial charge in [0.05, 0.1) is 20.8 Å². The lowest BCUT2D eigenvalue weighted by molar-refractivity contribution is -0.139. The highest BCUT2D eigenvalue weighted by Gasteiger charge is 2.19. The van der Waals surface area contributed by atoms with Gasteiger partial charge in [0, 0.05) is 26.2 Å². The third kappa shape index (κ3) is 5.71. The lowest BCUT2D eigenvalue weighted by Gasteiger charge is -2.24. The molecule has 2 heterocycles. The summed E-state index contributed by atoms with van der Waals surface area (Å²) in [5.41, 5.74) is 0. The Morgan fingerprint density at radius 2 is 2.00 bits per heavy atom. The monoisotopic (exact) mass is 369 g/mol. The molecule has 0 unspecified atom stereocenters. The Bertz CT molecular complexity index is 619. The molecular formula is C16H23N3O5S. The summed E-state index contributed by atoms with van der Waals surface area (Å²) in [7, 11) is 2.67. The number of nitrogens with zero attached hydrogens (tertiary/aromatic N) is 2. The van der Waals surface area contributed by atoms with Gasteiger partial charge in [-0.05, 0) is 30.8 Å². The van der Waals surface area contributed by atoms with Gasteiger partial charge in [0.2, 0.25) is 5.76 Å². The Kier molecular flexibility index (Phi) is 7.20. The van der Waals surface area contributed by atoms with Crippen LogP contribution in [0.5, 0.6) is 0 Å². The number of methoxy groups -OCH3 is 2. The second-order valence-electron chi connectivity index (χ2n) is 5.61. The Morgan fingerprint density at radius 3 is 2.72 bits per heavy atom. The number of ether oxygens (including phenoxy) is 2. The standard InChI is InChI=1S/C16H23N3O5S/c1-22-14(20)10-17-16(25)19-7-3-6-18(8-9-19)11-12-4-5-13(24-12)15(21)23-2/h4-5H,3,6-11H2,1-2H3,(H,17,25). The maximum absolute atomic E-state index is 11.4. The average molecular weight is 369 g/mol. The van der Waals surface area contributed by atoms with Crippen LogP contribution in [0.4, 0.5) is 0 Å². The highest BCUT2D eigenvalue weighted by Crippen LogP contribution is 2.13. The molecule has 1 aromatic heterocycles. The number of rotatable bonds is 5. The molecule has 1 N–H and O–H groups in total. The van der Waals surface area contributed by atoms with Gasteiger partial charge in [-0.25, -0.2) is 4.79 Å². The third-order valence-electron chi connectivity index (χ3n) is 3.92. The molecule has 0 spiro atoms. The predicted octanol–water partition coefficient (Wildman–Crippen LogP) is 0.621. The highest BCUT2D eigenvalue weighted by atomic mass is 32.1. The summed E-state index contributed by atoms with van der Waals surface area (Å²) in [5.74, 6) is 0.107. The van der Waals surface area contributed by atoms with Gasteiger partial charge in [-0.2, -0.15) is 0 Å². The molecule has 1 aliphatic heterocycles. The van der Waals surface area contributed by atoms with E-state index >= 15 is 0 Å². The first kappa shape index (κ1) is 19.2.